The van der Waals surface area contributed by atoms with Gasteiger partial charge in [0.25, 0.3) is 0 Å². The number of nitriles is 1. The molecule has 0 aromatic heterocycles. The molecular formula is C10H12N4. The van der Waals surface area contributed by atoms with Crippen molar-refractivity contribution in [1.82, 2.24) is 0 Å². The standard InChI is InChI=1S/C10H12N4/c1-8-13(7-6-11)9-4-2-3-5-10(9)14(8)12/h2-5,8H,7,12H2,1H3. The summed E-state index contributed by atoms with van der Waals surface area (Å²) in [4.78, 5) is 1.98. The molecule has 1 aliphatic rings. The zero-order chi connectivity index (χ0) is 10.1. The van der Waals surface area contributed by atoms with E-state index < -0.39 is 0 Å². The van der Waals surface area contributed by atoms with Crippen LogP contribution >= 0.6 is 0 Å². The van der Waals surface area contributed by atoms with Crippen LogP contribution in [0.25, 0.3) is 0 Å². The SMILES string of the molecule is CC1N(N)c2ccccc2N1CC#N. The predicted octanol–water partition coefficient (Wildman–Crippen LogP) is 1.06. The summed E-state index contributed by atoms with van der Waals surface area (Å²) in [6, 6.07) is 9.99. The van der Waals surface area contributed by atoms with Gasteiger partial charge >= 0.3 is 0 Å². The molecular weight excluding hydrogens is 176 g/mol. The van der Waals surface area contributed by atoms with Gasteiger partial charge in [-0.15, -0.1) is 0 Å². The second-order valence-electron chi connectivity index (χ2n) is 3.31. The second-order valence-corrected chi connectivity index (χ2v) is 3.31. The first kappa shape index (κ1) is 8.85. The second kappa shape index (κ2) is 3.20. The number of para-hydroxylation sites is 2. The van der Waals surface area contributed by atoms with Crippen molar-refractivity contribution in [3.8, 4) is 6.07 Å². The van der Waals surface area contributed by atoms with Crippen molar-refractivity contribution >= 4 is 11.4 Å². The molecule has 1 aliphatic heterocycles. The van der Waals surface area contributed by atoms with Crippen LogP contribution in [-0.2, 0) is 0 Å². The van der Waals surface area contributed by atoms with Crippen molar-refractivity contribution in [3.05, 3.63) is 24.3 Å². The van der Waals surface area contributed by atoms with Gasteiger partial charge in [-0.05, 0) is 19.1 Å². The fourth-order valence-electron chi connectivity index (χ4n) is 1.77. The van der Waals surface area contributed by atoms with Crippen molar-refractivity contribution in [2.75, 3.05) is 16.5 Å². The van der Waals surface area contributed by atoms with E-state index in [9.17, 15) is 0 Å². The normalized spacial score (nSPS) is 19.4. The molecule has 0 fully saturated rings. The monoisotopic (exact) mass is 188 g/mol. The minimum atomic E-state index is 0.0482. The van der Waals surface area contributed by atoms with Gasteiger partial charge in [-0.2, -0.15) is 5.26 Å². The predicted molar refractivity (Wildman–Crippen MR) is 55.5 cm³/mol. The fourth-order valence-corrected chi connectivity index (χ4v) is 1.77. The topological polar surface area (TPSA) is 56.3 Å². The van der Waals surface area contributed by atoms with Crippen molar-refractivity contribution in [1.29, 1.82) is 5.26 Å². The molecule has 1 aromatic rings. The maximum Gasteiger partial charge on any atom is 0.114 e. The Morgan fingerprint density at radius 1 is 1.43 bits per heavy atom. The molecule has 1 aromatic carbocycles. The highest BCUT2D eigenvalue weighted by Crippen LogP contribution is 2.36. The maximum atomic E-state index is 8.71. The van der Waals surface area contributed by atoms with E-state index in [4.69, 9.17) is 11.1 Å². The summed E-state index contributed by atoms with van der Waals surface area (Å²) in [5.74, 6) is 5.89. The zero-order valence-corrected chi connectivity index (χ0v) is 8.01. The third-order valence-corrected chi connectivity index (χ3v) is 2.56. The summed E-state index contributed by atoms with van der Waals surface area (Å²) in [6.07, 6.45) is 0.0482. The molecule has 0 radical (unpaired) electrons. The Kier molecular flexibility index (Phi) is 2.02. The van der Waals surface area contributed by atoms with Gasteiger partial charge in [0, 0.05) is 0 Å². The van der Waals surface area contributed by atoms with Crippen LogP contribution in [0.2, 0.25) is 0 Å². The summed E-state index contributed by atoms with van der Waals surface area (Å²) in [6.45, 7) is 2.35. The van der Waals surface area contributed by atoms with Gasteiger partial charge in [-0.1, -0.05) is 12.1 Å². The van der Waals surface area contributed by atoms with Crippen molar-refractivity contribution < 1.29 is 0 Å². The van der Waals surface area contributed by atoms with Gasteiger partial charge in [0.05, 0.1) is 17.4 Å². The van der Waals surface area contributed by atoms with Crippen molar-refractivity contribution in [3.63, 3.8) is 0 Å². The number of nitrogens with zero attached hydrogens (tertiary/aromatic N) is 3. The number of fused-ring (bicyclic) bond motifs is 1. The number of hydrogen-bond acceptors (Lipinski definition) is 4. The molecule has 2 N–H and O–H groups in total. The van der Waals surface area contributed by atoms with E-state index in [1.54, 1.807) is 5.01 Å². The molecule has 0 aliphatic carbocycles. The highest BCUT2D eigenvalue weighted by atomic mass is 15.5. The molecule has 0 saturated heterocycles. The van der Waals surface area contributed by atoms with Crippen molar-refractivity contribution in [2.45, 2.75) is 13.1 Å². The fraction of sp³-hybridized carbons (Fsp3) is 0.300. The minimum Gasteiger partial charge on any atom is -0.335 e. The molecule has 14 heavy (non-hydrogen) atoms. The number of hydrogen-bond donors (Lipinski definition) is 1. The first-order valence-corrected chi connectivity index (χ1v) is 4.52. The number of hydrazine groups is 1. The summed E-state index contributed by atoms with van der Waals surface area (Å²) in [5.41, 5.74) is 2.01. The van der Waals surface area contributed by atoms with Gasteiger partial charge in [0.1, 0.15) is 12.7 Å². The summed E-state index contributed by atoms with van der Waals surface area (Å²) >= 11 is 0. The van der Waals surface area contributed by atoms with Crippen molar-refractivity contribution in [2.24, 2.45) is 5.84 Å². The van der Waals surface area contributed by atoms with Crippen LogP contribution in [0.4, 0.5) is 11.4 Å². The lowest BCUT2D eigenvalue weighted by Gasteiger charge is -2.24. The molecule has 0 spiro atoms. The van der Waals surface area contributed by atoms with Crippen LogP contribution in [0, 0.1) is 11.3 Å². The molecule has 1 atom stereocenters. The summed E-state index contributed by atoms with van der Waals surface area (Å²) < 4.78 is 0. The molecule has 2 rings (SSSR count). The number of anilines is 2. The van der Waals surface area contributed by atoms with Crippen LogP contribution < -0.4 is 15.8 Å². The van der Waals surface area contributed by atoms with Crippen LogP contribution in [0.1, 0.15) is 6.92 Å². The van der Waals surface area contributed by atoms with Gasteiger partial charge < -0.3 is 4.90 Å². The molecule has 1 unspecified atom stereocenters. The molecule has 0 bridgehead atoms. The van der Waals surface area contributed by atoms with E-state index in [2.05, 4.69) is 6.07 Å². The Labute approximate surface area is 83.1 Å². The maximum absolute atomic E-state index is 8.71. The van der Waals surface area contributed by atoms with E-state index in [0.29, 0.717) is 6.54 Å². The molecule has 0 saturated carbocycles. The van der Waals surface area contributed by atoms with Gasteiger partial charge in [-0.25, -0.2) is 5.84 Å². The Bertz CT molecular complexity index is 382. The molecule has 1 heterocycles. The lowest BCUT2D eigenvalue weighted by atomic mass is 10.2. The Morgan fingerprint density at radius 3 is 2.71 bits per heavy atom. The van der Waals surface area contributed by atoms with Crippen LogP contribution in [0.15, 0.2) is 24.3 Å². The van der Waals surface area contributed by atoms with E-state index in [-0.39, 0.29) is 6.17 Å². The van der Waals surface area contributed by atoms with Crippen LogP contribution in [0.3, 0.4) is 0 Å². The highest BCUT2D eigenvalue weighted by molar-refractivity contribution is 5.76. The summed E-state index contributed by atoms with van der Waals surface area (Å²) in [5, 5.41) is 10.4. The molecule has 0 amide bonds. The lowest BCUT2D eigenvalue weighted by molar-refractivity contribution is 0.661. The van der Waals surface area contributed by atoms with E-state index >= 15 is 0 Å². The largest absolute Gasteiger partial charge is 0.335 e. The number of nitrogens with two attached hydrogens (primary N) is 1. The Hall–Kier alpha value is -1.73. The number of rotatable bonds is 1. The van der Waals surface area contributed by atoms with E-state index in [1.165, 1.54) is 0 Å². The smallest absolute Gasteiger partial charge is 0.114 e. The van der Waals surface area contributed by atoms with Gasteiger partial charge in [-0.3, -0.25) is 5.01 Å². The Morgan fingerprint density at radius 2 is 2.07 bits per heavy atom. The average Bonchev–Trinajstić information content (AvgIpc) is 2.45. The summed E-state index contributed by atoms with van der Waals surface area (Å²) in [7, 11) is 0. The minimum absolute atomic E-state index is 0.0482. The third kappa shape index (κ3) is 1.10. The van der Waals surface area contributed by atoms with Crippen LogP contribution in [-0.4, -0.2) is 12.7 Å². The zero-order valence-electron chi connectivity index (χ0n) is 8.01. The van der Waals surface area contributed by atoms with Crippen LogP contribution in [0.5, 0.6) is 0 Å². The van der Waals surface area contributed by atoms with Gasteiger partial charge in [0.2, 0.25) is 0 Å². The molecule has 4 nitrogen and oxygen atoms in total. The molecule has 4 heteroatoms. The first-order valence-electron chi connectivity index (χ1n) is 4.52. The molecule has 72 valence electrons. The average molecular weight is 188 g/mol. The first-order chi connectivity index (χ1) is 6.75. The number of benzene rings is 1. The van der Waals surface area contributed by atoms with E-state index in [0.717, 1.165) is 11.4 Å². The van der Waals surface area contributed by atoms with Gasteiger partial charge in [0.15, 0.2) is 0 Å². The quantitative estimate of drug-likeness (QED) is 0.529. The highest BCUT2D eigenvalue weighted by Gasteiger charge is 2.29. The third-order valence-electron chi connectivity index (χ3n) is 2.56. The lowest BCUT2D eigenvalue weighted by Crippen LogP contribution is -2.45. The van der Waals surface area contributed by atoms with E-state index in [1.807, 2.05) is 36.1 Å². The Balaban J connectivity index is 2.43.